The number of thioether (sulfide) groups is 1. The van der Waals surface area contributed by atoms with Crippen LogP contribution in [0.25, 0.3) is 5.76 Å². The Bertz CT molecular complexity index is 546. The molecule has 0 spiro atoms. The van der Waals surface area contributed by atoms with E-state index in [1.54, 1.807) is 24.3 Å². The standard InChI is InChI=1S/C15H16O3S/c1-2-3-6-9-19-15-13(17)11-8-5-4-7-10(11)12(16)14(15)18/h4-5,7-8,17H,2-3,6,9H2,1H3. The highest BCUT2D eigenvalue weighted by Crippen LogP contribution is 2.34. The van der Waals surface area contributed by atoms with E-state index in [0.717, 1.165) is 25.0 Å². The summed E-state index contributed by atoms with van der Waals surface area (Å²) in [5.41, 5.74) is 0.757. The lowest BCUT2D eigenvalue weighted by atomic mass is 9.94. The highest BCUT2D eigenvalue weighted by molar-refractivity contribution is 8.04. The second-order valence-corrected chi connectivity index (χ2v) is 5.54. The molecule has 100 valence electrons. The highest BCUT2D eigenvalue weighted by atomic mass is 32.2. The van der Waals surface area contributed by atoms with Gasteiger partial charge in [0.15, 0.2) is 0 Å². The van der Waals surface area contributed by atoms with Gasteiger partial charge in [-0.05, 0) is 12.2 Å². The molecule has 1 aliphatic rings. The van der Waals surface area contributed by atoms with Crippen molar-refractivity contribution in [3.8, 4) is 0 Å². The number of carbonyl (C=O) groups is 2. The van der Waals surface area contributed by atoms with Crippen LogP contribution in [-0.4, -0.2) is 22.4 Å². The molecule has 0 heterocycles. The van der Waals surface area contributed by atoms with Gasteiger partial charge in [-0.1, -0.05) is 44.0 Å². The fourth-order valence-electron chi connectivity index (χ4n) is 2.00. The van der Waals surface area contributed by atoms with Crippen LogP contribution in [0.15, 0.2) is 29.2 Å². The molecule has 1 aliphatic carbocycles. The minimum atomic E-state index is -0.585. The topological polar surface area (TPSA) is 54.4 Å². The Morgan fingerprint density at radius 3 is 2.42 bits per heavy atom. The Morgan fingerprint density at radius 2 is 1.74 bits per heavy atom. The van der Waals surface area contributed by atoms with E-state index in [2.05, 4.69) is 6.92 Å². The van der Waals surface area contributed by atoms with Crippen molar-refractivity contribution in [2.45, 2.75) is 26.2 Å². The van der Waals surface area contributed by atoms with Crippen LogP contribution in [-0.2, 0) is 4.79 Å². The maximum atomic E-state index is 12.0. The number of hydrogen-bond donors (Lipinski definition) is 1. The smallest absolute Gasteiger partial charge is 0.243 e. The van der Waals surface area contributed by atoms with Crippen LogP contribution < -0.4 is 0 Å². The summed E-state index contributed by atoms with van der Waals surface area (Å²) in [6.07, 6.45) is 3.15. The molecule has 1 aromatic rings. The van der Waals surface area contributed by atoms with Gasteiger partial charge in [0.1, 0.15) is 10.7 Å². The van der Waals surface area contributed by atoms with Crippen molar-refractivity contribution in [3.63, 3.8) is 0 Å². The number of aliphatic hydroxyl groups excluding tert-OH is 1. The third-order valence-corrected chi connectivity index (χ3v) is 4.21. The molecule has 0 radical (unpaired) electrons. The molecule has 4 heteroatoms. The van der Waals surface area contributed by atoms with Crippen LogP contribution in [0.4, 0.5) is 0 Å². The first-order valence-corrected chi connectivity index (χ1v) is 7.39. The molecule has 3 nitrogen and oxygen atoms in total. The summed E-state index contributed by atoms with van der Waals surface area (Å²) in [5.74, 6) is -0.417. The van der Waals surface area contributed by atoms with Gasteiger partial charge in [-0.2, -0.15) is 0 Å². The highest BCUT2D eigenvalue weighted by Gasteiger charge is 2.32. The largest absolute Gasteiger partial charge is 0.506 e. The van der Waals surface area contributed by atoms with Crippen LogP contribution in [0, 0.1) is 0 Å². The Hall–Kier alpha value is -1.55. The minimum absolute atomic E-state index is 0.0540. The first-order valence-electron chi connectivity index (χ1n) is 6.41. The van der Waals surface area contributed by atoms with Crippen molar-refractivity contribution in [1.82, 2.24) is 0 Å². The van der Waals surface area contributed by atoms with Crippen molar-refractivity contribution in [3.05, 3.63) is 40.3 Å². The molecular formula is C15H16O3S. The molecular weight excluding hydrogens is 260 g/mol. The fraction of sp³-hybridized carbons (Fsp3) is 0.333. The number of ketones is 2. The molecule has 0 aromatic heterocycles. The Kier molecular flexibility index (Phi) is 4.43. The van der Waals surface area contributed by atoms with E-state index in [0.29, 0.717) is 11.1 Å². The van der Waals surface area contributed by atoms with E-state index in [4.69, 9.17) is 0 Å². The van der Waals surface area contributed by atoms with Gasteiger partial charge in [0.05, 0.1) is 0 Å². The number of hydrogen-bond acceptors (Lipinski definition) is 4. The number of fused-ring (bicyclic) bond motifs is 1. The Morgan fingerprint density at radius 1 is 1.05 bits per heavy atom. The summed E-state index contributed by atoms with van der Waals surface area (Å²) >= 11 is 1.28. The van der Waals surface area contributed by atoms with Crippen molar-refractivity contribution < 1.29 is 14.7 Å². The van der Waals surface area contributed by atoms with Crippen molar-refractivity contribution in [2.24, 2.45) is 0 Å². The molecule has 19 heavy (non-hydrogen) atoms. The Balaban J connectivity index is 2.27. The number of carbonyl (C=O) groups excluding carboxylic acids is 2. The van der Waals surface area contributed by atoms with E-state index in [1.165, 1.54) is 11.8 Å². The number of unbranched alkanes of at least 4 members (excludes halogenated alkanes) is 2. The molecule has 0 bridgehead atoms. The second kappa shape index (κ2) is 6.06. The van der Waals surface area contributed by atoms with Gasteiger partial charge in [0.25, 0.3) is 0 Å². The molecule has 0 atom stereocenters. The van der Waals surface area contributed by atoms with Gasteiger partial charge in [-0.15, -0.1) is 11.8 Å². The minimum Gasteiger partial charge on any atom is -0.506 e. The monoisotopic (exact) mass is 276 g/mol. The van der Waals surface area contributed by atoms with E-state index < -0.39 is 11.6 Å². The van der Waals surface area contributed by atoms with Gasteiger partial charge in [-0.3, -0.25) is 9.59 Å². The molecule has 2 rings (SSSR count). The summed E-state index contributed by atoms with van der Waals surface area (Å²) < 4.78 is 0. The van der Waals surface area contributed by atoms with Crippen molar-refractivity contribution in [2.75, 3.05) is 5.75 Å². The number of benzene rings is 1. The normalized spacial score (nSPS) is 14.8. The van der Waals surface area contributed by atoms with Crippen LogP contribution in [0.2, 0.25) is 0 Å². The molecule has 1 N–H and O–H groups in total. The van der Waals surface area contributed by atoms with E-state index >= 15 is 0 Å². The lowest BCUT2D eigenvalue weighted by molar-refractivity contribution is -0.111. The average molecular weight is 276 g/mol. The molecule has 1 aromatic carbocycles. The molecule has 0 fully saturated rings. The van der Waals surface area contributed by atoms with Gasteiger partial charge in [-0.25, -0.2) is 0 Å². The number of rotatable bonds is 5. The first-order chi connectivity index (χ1) is 9.16. The number of Topliss-reactive ketones (excluding diaryl/α,β-unsaturated/α-hetero) is 2. The predicted octanol–water partition coefficient (Wildman–Crippen LogP) is 3.60. The number of allylic oxidation sites excluding steroid dienone is 1. The SMILES string of the molecule is CCCCCSC1=C(O)c2ccccc2C(=O)C1=O. The third-order valence-electron chi connectivity index (χ3n) is 3.05. The molecule has 0 unspecified atom stereocenters. The summed E-state index contributed by atoms with van der Waals surface area (Å²) in [6, 6.07) is 6.68. The maximum Gasteiger partial charge on any atom is 0.243 e. The average Bonchev–Trinajstić information content (AvgIpc) is 2.44. The summed E-state index contributed by atoms with van der Waals surface area (Å²) in [7, 11) is 0. The van der Waals surface area contributed by atoms with Crippen molar-refractivity contribution >= 4 is 29.1 Å². The van der Waals surface area contributed by atoms with E-state index in [1.807, 2.05) is 0 Å². The zero-order valence-corrected chi connectivity index (χ0v) is 11.6. The van der Waals surface area contributed by atoms with Crippen LogP contribution in [0.1, 0.15) is 42.1 Å². The lowest BCUT2D eigenvalue weighted by Gasteiger charge is -2.17. The van der Waals surface area contributed by atoms with Crippen LogP contribution >= 0.6 is 11.8 Å². The zero-order chi connectivity index (χ0) is 13.8. The number of aliphatic hydroxyl groups is 1. The van der Waals surface area contributed by atoms with Gasteiger partial charge in [0, 0.05) is 11.1 Å². The molecule has 0 saturated heterocycles. The second-order valence-electron chi connectivity index (χ2n) is 4.44. The molecule has 0 saturated carbocycles. The quantitative estimate of drug-likeness (QED) is 0.659. The summed E-state index contributed by atoms with van der Waals surface area (Å²) in [4.78, 5) is 24.1. The molecule has 0 aliphatic heterocycles. The third kappa shape index (κ3) is 2.73. The first kappa shape index (κ1) is 13.9. The van der Waals surface area contributed by atoms with E-state index in [9.17, 15) is 14.7 Å². The summed E-state index contributed by atoms with van der Waals surface area (Å²) in [5, 5.41) is 10.2. The fourth-order valence-corrected chi connectivity index (χ4v) is 3.03. The summed E-state index contributed by atoms with van der Waals surface area (Å²) in [6.45, 7) is 2.10. The van der Waals surface area contributed by atoms with Crippen LogP contribution in [0.3, 0.4) is 0 Å². The van der Waals surface area contributed by atoms with E-state index in [-0.39, 0.29) is 10.7 Å². The van der Waals surface area contributed by atoms with Gasteiger partial charge in [0.2, 0.25) is 11.6 Å². The van der Waals surface area contributed by atoms with Gasteiger partial charge >= 0.3 is 0 Å². The molecule has 0 amide bonds. The van der Waals surface area contributed by atoms with Crippen molar-refractivity contribution in [1.29, 1.82) is 0 Å². The zero-order valence-electron chi connectivity index (χ0n) is 10.8. The predicted molar refractivity (Wildman–Crippen MR) is 77.3 cm³/mol. The van der Waals surface area contributed by atoms with Crippen LogP contribution in [0.5, 0.6) is 0 Å². The lowest BCUT2D eigenvalue weighted by Crippen LogP contribution is -2.22. The Labute approximate surface area is 116 Å². The maximum absolute atomic E-state index is 12.0. The van der Waals surface area contributed by atoms with Gasteiger partial charge < -0.3 is 5.11 Å².